The Morgan fingerprint density at radius 3 is 2.42 bits per heavy atom. The van der Waals surface area contributed by atoms with Crippen LogP contribution in [0.3, 0.4) is 0 Å². The predicted octanol–water partition coefficient (Wildman–Crippen LogP) is 3.28. The Bertz CT molecular complexity index is 915. The van der Waals surface area contributed by atoms with Crippen molar-refractivity contribution in [3.8, 4) is 5.75 Å². The zero-order chi connectivity index (χ0) is 19.5. The van der Waals surface area contributed by atoms with E-state index < -0.39 is 10.0 Å². The van der Waals surface area contributed by atoms with Crippen LogP contribution in [0.1, 0.15) is 43.6 Å². The molecule has 3 N–H and O–H groups in total. The zero-order valence-electron chi connectivity index (χ0n) is 15.4. The van der Waals surface area contributed by atoms with Crippen LogP contribution in [0.5, 0.6) is 5.75 Å². The quantitative estimate of drug-likeness (QED) is 0.836. The number of nitrogens with two attached hydrogens (primary N) is 1. The van der Waals surface area contributed by atoms with Gasteiger partial charge in [-0.25, -0.2) is 13.6 Å². The van der Waals surface area contributed by atoms with E-state index >= 15 is 0 Å². The number of carbonyl (C=O) groups excluding carboxylic acids is 1. The van der Waals surface area contributed by atoms with Crippen LogP contribution in [0.25, 0.3) is 0 Å². The Morgan fingerprint density at radius 2 is 1.85 bits per heavy atom. The van der Waals surface area contributed by atoms with Gasteiger partial charge in [-0.05, 0) is 48.2 Å². The van der Waals surface area contributed by atoms with E-state index in [-0.39, 0.29) is 16.2 Å². The minimum atomic E-state index is -3.84. The van der Waals surface area contributed by atoms with Gasteiger partial charge in [0.1, 0.15) is 5.75 Å². The van der Waals surface area contributed by atoms with E-state index in [4.69, 9.17) is 9.88 Å². The number of nitrogens with one attached hydrogen (secondary N) is 1. The first-order chi connectivity index (χ1) is 12.0. The SMILES string of the molecule is CCOc1cc(C(C)(C)C)ccc1C(=O)Nc1cccc(S(N)(=O)=O)c1. The van der Waals surface area contributed by atoms with Crippen molar-refractivity contribution in [2.24, 2.45) is 5.14 Å². The molecule has 2 aromatic carbocycles. The third-order valence-corrected chi connectivity index (χ3v) is 4.72. The van der Waals surface area contributed by atoms with Crippen molar-refractivity contribution in [1.82, 2.24) is 0 Å². The summed E-state index contributed by atoms with van der Waals surface area (Å²) in [5.41, 5.74) is 1.68. The second-order valence-corrected chi connectivity index (χ2v) is 8.48. The largest absolute Gasteiger partial charge is 0.493 e. The number of ether oxygens (including phenoxy) is 1. The smallest absolute Gasteiger partial charge is 0.259 e. The summed E-state index contributed by atoms with van der Waals surface area (Å²) in [7, 11) is -3.84. The summed E-state index contributed by atoms with van der Waals surface area (Å²) < 4.78 is 28.5. The lowest BCUT2D eigenvalue weighted by Crippen LogP contribution is -2.17. The van der Waals surface area contributed by atoms with Crippen LogP contribution in [-0.2, 0) is 15.4 Å². The number of primary sulfonamides is 1. The molecule has 0 aliphatic carbocycles. The second kappa shape index (κ2) is 7.47. The van der Waals surface area contributed by atoms with E-state index in [2.05, 4.69) is 26.1 Å². The summed E-state index contributed by atoms with van der Waals surface area (Å²) >= 11 is 0. The van der Waals surface area contributed by atoms with Crippen molar-refractivity contribution >= 4 is 21.6 Å². The Hall–Kier alpha value is -2.38. The Kier molecular flexibility index (Phi) is 5.73. The lowest BCUT2D eigenvalue weighted by molar-refractivity contribution is 0.102. The standard InChI is InChI=1S/C19H24N2O4S/c1-5-25-17-11-13(19(2,3)4)9-10-16(17)18(22)21-14-7-6-8-15(12-14)26(20,23)24/h6-12H,5H2,1-4H3,(H,21,22)(H2,20,23,24). The maximum atomic E-state index is 12.7. The molecule has 0 atom stereocenters. The van der Waals surface area contributed by atoms with E-state index in [0.717, 1.165) is 5.56 Å². The Labute approximate surface area is 154 Å². The highest BCUT2D eigenvalue weighted by Crippen LogP contribution is 2.29. The van der Waals surface area contributed by atoms with Gasteiger partial charge < -0.3 is 10.1 Å². The molecule has 140 valence electrons. The van der Waals surface area contributed by atoms with Crippen molar-refractivity contribution in [2.45, 2.75) is 38.0 Å². The molecule has 0 aromatic heterocycles. The number of amides is 1. The summed E-state index contributed by atoms with van der Waals surface area (Å²) in [6.07, 6.45) is 0. The molecule has 26 heavy (non-hydrogen) atoms. The molecule has 0 bridgehead atoms. The zero-order valence-corrected chi connectivity index (χ0v) is 16.2. The predicted molar refractivity (Wildman–Crippen MR) is 102 cm³/mol. The number of hydrogen-bond donors (Lipinski definition) is 2. The summed E-state index contributed by atoms with van der Waals surface area (Å²) in [5, 5.41) is 7.82. The van der Waals surface area contributed by atoms with Crippen molar-refractivity contribution in [1.29, 1.82) is 0 Å². The van der Waals surface area contributed by atoms with Crippen LogP contribution >= 0.6 is 0 Å². The van der Waals surface area contributed by atoms with Crippen LogP contribution in [0.4, 0.5) is 5.69 Å². The molecule has 0 heterocycles. The normalized spacial score (nSPS) is 11.9. The maximum absolute atomic E-state index is 12.7. The average Bonchev–Trinajstić information content (AvgIpc) is 2.53. The average molecular weight is 376 g/mol. The fourth-order valence-electron chi connectivity index (χ4n) is 2.40. The highest BCUT2D eigenvalue weighted by atomic mass is 32.2. The van der Waals surface area contributed by atoms with Crippen LogP contribution in [0.15, 0.2) is 47.4 Å². The number of hydrogen-bond acceptors (Lipinski definition) is 4. The summed E-state index contributed by atoms with van der Waals surface area (Å²) in [5.74, 6) is 0.0977. The molecule has 0 fully saturated rings. The molecule has 1 amide bonds. The van der Waals surface area contributed by atoms with Gasteiger partial charge in [-0.2, -0.15) is 0 Å². The van der Waals surface area contributed by atoms with Crippen molar-refractivity contribution < 1.29 is 17.9 Å². The number of carbonyl (C=O) groups is 1. The number of sulfonamides is 1. The molecule has 2 aromatic rings. The third-order valence-electron chi connectivity index (χ3n) is 3.81. The van der Waals surface area contributed by atoms with Gasteiger partial charge in [0.15, 0.2) is 0 Å². The summed E-state index contributed by atoms with van der Waals surface area (Å²) in [6, 6.07) is 11.3. The lowest BCUT2D eigenvalue weighted by atomic mass is 9.86. The second-order valence-electron chi connectivity index (χ2n) is 6.92. The fraction of sp³-hybridized carbons (Fsp3) is 0.316. The van der Waals surface area contributed by atoms with Gasteiger partial charge >= 0.3 is 0 Å². The molecule has 7 heteroatoms. The van der Waals surface area contributed by atoms with Gasteiger partial charge in [-0.15, -0.1) is 0 Å². The maximum Gasteiger partial charge on any atom is 0.259 e. The molecule has 0 unspecified atom stereocenters. The Morgan fingerprint density at radius 1 is 1.15 bits per heavy atom. The first-order valence-corrected chi connectivity index (χ1v) is 9.78. The molecular weight excluding hydrogens is 352 g/mol. The van der Waals surface area contributed by atoms with E-state index in [0.29, 0.717) is 23.6 Å². The highest BCUT2D eigenvalue weighted by Gasteiger charge is 2.19. The highest BCUT2D eigenvalue weighted by molar-refractivity contribution is 7.89. The molecular formula is C19H24N2O4S. The minimum absolute atomic E-state index is 0.0663. The summed E-state index contributed by atoms with van der Waals surface area (Å²) in [6.45, 7) is 8.51. The van der Waals surface area contributed by atoms with Gasteiger partial charge in [0.05, 0.1) is 17.1 Å². The van der Waals surface area contributed by atoms with Crippen LogP contribution in [-0.4, -0.2) is 20.9 Å². The van der Waals surface area contributed by atoms with Crippen molar-refractivity contribution in [3.05, 3.63) is 53.6 Å². The lowest BCUT2D eigenvalue weighted by Gasteiger charge is -2.21. The van der Waals surface area contributed by atoms with Gasteiger partial charge in [-0.3, -0.25) is 4.79 Å². The van der Waals surface area contributed by atoms with E-state index in [9.17, 15) is 13.2 Å². The van der Waals surface area contributed by atoms with E-state index in [1.165, 1.54) is 18.2 Å². The van der Waals surface area contributed by atoms with Gasteiger partial charge in [0.25, 0.3) is 5.91 Å². The molecule has 0 saturated heterocycles. The van der Waals surface area contributed by atoms with E-state index in [1.54, 1.807) is 12.1 Å². The number of anilines is 1. The van der Waals surface area contributed by atoms with Gasteiger partial charge in [0, 0.05) is 5.69 Å². The minimum Gasteiger partial charge on any atom is -0.493 e. The van der Waals surface area contributed by atoms with Crippen LogP contribution < -0.4 is 15.2 Å². The molecule has 0 spiro atoms. The molecule has 0 aliphatic rings. The molecule has 0 radical (unpaired) electrons. The fourth-order valence-corrected chi connectivity index (χ4v) is 2.96. The van der Waals surface area contributed by atoms with Crippen molar-refractivity contribution in [3.63, 3.8) is 0 Å². The summed E-state index contributed by atoms with van der Waals surface area (Å²) in [4.78, 5) is 12.6. The van der Waals surface area contributed by atoms with Gasteiger partial charge in [-0.1, -0.05) is 32.9 Å². The number of benzene rings is 2. The number of rotatable bonds is 5. The molecule has 2 rings (SSSR count). The molecule has 0 saturated carbocycles. The van der Waals surface area contributed by atoms with E-state index in [1.807, 2.05) is 19.1 Å². The molecule has 6 nitrogen and oxygen atoms in total. The van der Waals surface area contributed by atoms with Crippen molar-refractivity contribution in [2.75, 3.05) is 11.9 Å². The Balaban J connectivity index is 2.35. The molecule has 0 aliphatic heterocycles. The van der Waals surface area contributed by atoms with Crippen LogP contribution in [0.2, 0.25) is 0 Å². The topological polar surface area (TPSA) is 98.5 Å². The first-order valence-electron chi connectivity index (χ1n) is 8.24. The van der Waals surface area contributed by atoms with Gasteiger partial charge in [0.2, 0.25) is 10.0 Å². The first kappa shape index (κ1) is 19.9. The third kappa shape index (κ3) is 4.83. The monoisotopic (exact) mass is 376 g/mol. The van der Waals surface area contributed by atoms with Crippen LogP contribution in [0, 0.1) is 0 Å².